The topological polar surface area (TPSA) is 72.1 Å². The highest BCUT2D eigenvalue weighted by Gasteiger charge is 2.18. The average molecular weight is 363 g/mol. The molecule has 0 saturated carbocycles. The molecule has 1 saturated heterocycles. The van der Waals surface area contributed by atoms with E-state index in [4.69, 9.17) is 15.2 Å². The molecule has 1 aliphatic heterocycles. The van der Waals surface area contributed by atoms with E-state index in [1.165, 1.54) is 0 Å². The van der Waals surface area contributed by atoms with Gasteiger partial charge in [-0.25, -0.2) is 4.99 Å². The quantitative estimate of drug-likeness (QED) is 0.576. The Morgan fingerprint density at radius 3 is 2.77 bits per heavy atom. The van der Waals surface area contributed by atoms with Crippen molar-refractivity contribution in [1.82, 2.24) is 10.2 Å². The monoisotopic (exact) mass is 362 g/mol. The van der Waals surface area contributed by atoms with Crippen LogP contribution in [0.15, 0.2) is 29.3 Å². The molecule has 2 rings (SSSR count). The van der Waals surface area contributed by atoms with Gasteiger partial charge in [0.05, 0.1) is 6.54 Å². The second-order valence-corrected chi connectivity index (χ2v) is 7.90. The fourth-order valence-corrected chi connectivity index (χ4v) is 2.95. The van der Waals surface area contributed by atoms with Gasteiger partial charge in [-0.15, -0.1) is 0 Å². The Hall–Kier alpha value is -1.79. The number of nitrogens with zero attached hydrogens (tertiary/aromatic N) is 2. The van der Waals surface area contributed by atoms with Gasteiger partial charge in [0.15, 0.2) is 5.96 Å². The molecule has 0 aliphatic carbocycles. The molecular weight excluding hydrogens is 328 g/mol. The number of ether oxygens (including phenoxy) is 2. The van der Waals surface area contributed by atoms with Crippen molar-refractivity contribution >= 4 is 5.96 Å². The zero-order chi connectivity index (χ0) is 19.0. The number of benzene rings is 1. The minimum atomic E-state index is -0.0883. The van der Waals surface area contributed by atoms with E-state index in [0.29, 0.717) is 25.2 Å². The maximum absolute atomic E-state index is 5.93. The van der Waals surface area contributed by atoms with Crippen LogP contribution in [0.1, 0.15) is 39.2 Å². The SMILES string of the molecule is CN(CCOc1cccc(CN=C(N)NC(C)(C)C)c1)C1CCOCC1. The summed E-state index contributed by atoms with van der Waals surface area (Å²) in [6, 6.07) is 8.65. The summed E-state index contributed by atoms with van der Waals surface area (Å²) in [4.78, 5) is 6.77. The molecule has 1 heterocycles. The van der Waals surface area contributed by atoms with Gasteiger partial charge in [-0.05, 0) is 58.4 Å². The summed E-state index contributed by atoms with van der Waals surface area (Å²) in [6.07, 6.45) is 2.21. The largest absolute Gasteiger partial charge is 0.492 e. The molecule has 3 N–H and O–H groups in total. The molecule has 0 unspecified atom stereocenters. The molecule has 0 spiro atoms. The summed E-state index contributed by atoms with van der Waals surface area (Å²) in [5.41, 5.74) is 6.92. The van der Waals surface area contributed by atoms with Crippen LogP contribution in [0.25, 0.3) is 0 Å². The molecule has 0 aromatic heterocycles. The van der Waals surface area contributed by atoms with Gasteiger partial charge in [0.25, 0.3) is 0 Å². The summed E-state index contributed by atoms with van der Waals surface area (Å²) < 4.78 is 11.3. The number of nitrogens with two attached hydrogens (primary N) is 1. The van der Waals surface area contributed by atoms with Crippen molar-refractivity contribution < 1.29 is 9.47 Å². The lowest BCUT2D eigenvalue weighted by atomic mass is 10.1. The third kappa shape index (κ3) is 7.62. The third-order valence-corrected chi connectivity index (χ3v) is 4.36. The number of guanidine groups is 1. The molecule has 0 amide bonds. The van der Waals surface area contributed by atoms with Crippen LogP contribution in [0, 0.1) is 0 Å². The van der Waals surface area contributed by atoms with Crippen molar-refractivity contribution in [2.45, 2.75) is 51.7 Å². The summed E-state index contributed by atoms with van der Waals surface area (Å²) in [5, 5.41) is 3.16. The van der Waals surface area contributed by atoms with Crippen LogP contribution in [0.3, 0.4) is 0 Å². The highest BCUT2D eigenvalue weighted by Crippen LogP contribution is 2.15. The number of aliphatic imine (C=N–C) groups is 1. The Kier molecular flexibility index (Phi) is 7.72. The lowest BCUT2D eigenvalue weighted by Crippen LogP contribution is -2.44. The van der Waals surface area contributed by atoms with Crippen molar-refractivity contribution in [3.63, 3.8) is 0 Å². The van der Waals surface area contributed by atoms with Crippen LogP contribution in [0.4, 0.5) is 0 Å². The van der Waals surface area contributed by atoms with Gasteiger partial charge in [-0.1, -0.05) is 12.1 Å². The van der Waals surface area contributed by atoms with E-state index in [0.717, 1.165) is 43.9 Å². The zero-order valence-corrected chi connectivity index (χ0v) is 16.6. The molecule has 1 aromatic carbocycles. The molecule has 0 radical (unpaired) electrons. The zero-order valence-electron chi connectivity index (χ0n) is 16.6. The maximum atomic E-state index is 5.93. The molecule has 146 valence electrons. The number of likely N-dealkylation sites (N-methyl/N-ethyl adjacent to an activating group) is 1. The lowest BCUT2D eigenvalue weighted by Gasteiger charge is -2.31. The maximum Gasteiger partial charge on any atom is 0.189 e. The van der Waals surface area contributed by atoms with Crippen LogP contribution in [-0.4, -0.2) is 55.9 Å². The van der Waals surface area contributed by atoms with Gasteiger partial charge in [0.1, 0.15) is 12.4 Å². The van der Waals surface area contributed by atoms with E-state index in [9.17, 15) is 0 Å². The molecule has 0 bridgehead atoms. The van der Waals surface area contributed by atoms with Crippen LogP contribution < -0.4 is 15.8 Å². The second-order valence-electron chi connectivity index (χ2n) is 7.90. The molecule has 1 aliphatic rings. The van der Waals surface area contributed by atoms with Crippen molar-refractivity contribution in [3.8, 4) is 5.75 Å². The molecular formula is C20H34N4O2. The Bertz CT molecular complexity index is 577. The summed E-state index contributed by atoms with van der Waals surface area (Å²) in [5.74, 6) is 1.34. The molecule has 1 aromatic rings. The van der Waals surface area contributed by atoms with Crippen LogP contribution >= 0.6 is 0 Å². The first-order valence-electron chi connectivity index (χ1n) is 9.41. The first-order valence-corrected chi connectivity index (χ1v) is 9.41. The number of hydrogen-bond acceptors (Lipinski definition) is 4. The van der Waals surface area contributed by atoms with E-state index in [2.05, 4.69) is 43.0 Å². The van der Waals surface area contributed by atoms with E-state index >= 15 is 0 Å². The third-order valence-electron chi connectivity index (χ3n) is 4.36. The smallest absolute Gasteiger partial charge is 0.189 e. The van der Waals surface area contributed by atoms with Crippen LogP contribution in [-0.2, 0) is 11.3 Å². The van der Waals surface area contributed by atoms with Gasteiger partial charge in [-0.2, -0.15) is 0 Å². The van der Waals surface area contributed by atoms with E-state index < -0.39 is 0 Å². The van der Waals surface area contributed by atoms with Gasteiger partial charge in [-0.3, -0.25) is 4.90 Å². The minimum absolute atomic E-state index is 0.0883. The van der Waals surface area contributed by atoms with Gasteiger partial charge < -0.3 is 20.5 Å². The molecule has 6 nitrogen and oxygen atoms in total. The number of nitrogens with one attached hydrogen (secondary N) is 1. The summed E-state index contributed by atoms with van der Waals surface area (Å²) in [7, 11) is 2.16. The highest BCUT2D eigenvalue weighted by atomic mass is 16.5. The lowest BCUT2D eigenvalue weighted by molar-refractivity contribution is 0.0392. The van der Waals surface area contributed by atoms with Gasteiger partial charge in [0, 0.05) is 31.3 Å². The predicted molar refractivity (Wildman–Crippen MR) is 107 cm³/mol. The first kappa shape index (κ1) is 20.5. The minimum Gasteiger partial charge on any atom is -0.492 e. The first-order chi connectivity index (χ1) is 12.3. The summed E-state index contributed by atoms with van der Waals surface area (Å²) >= 11 is 0. The molecule has 26 heavy (non-hydrogen) atoms. The molecule has 0 atom stereocenters. The average Bonchev–Trinajstić information content (AvgIpc) is 2.59. The van der Waals surface area contributed by atoms with Gasteiger partial charge in [0.2, 0.25) is 0 Å². The molecule has 1 fully saturated rings. The predicted octanol–water partition coefficient (Wildman–Crippen LogP) is 2.38. The van der Waals surface area contributed by atoms with E-state index in [1.54, 1.807) is 0 Å². The number of hydrogen-bond donors (Lipinski definition) is 2. The number of rotatable bonds is 7. The van der Waals surface area contributed by atoms with Gasteiger partial charge >= 0.3 is 0 Å². The molecule has 6 heteroatoms. The van der Waals surface area contributed by atoms with E-state index in [1.807, 2.05) is 24.3 Å². The van der Waals surface area contributed by atoms with Crippen molar-refractivity contribution in [2.75, 3.05) is 33.4 Å². The fourth-order valence-electron chi connectivity index (χ4n) is 2.95. The Labute approximate surface area is 157 Å². The Morgan fingerprint density at radius 2 is 2.08 bits per heavy atom. The highest BCUT2D eigenvalue weighted by molar-refractivity contribution is 5.78. The van der Waals surface area contributed by atoms with Crippen LogP contribution in [0.2, 0.25) is 0 Å². The fraction of sp³-hybridized carbons (Fsp3) is 0.650. The van der Waals surface area contributed by atoms with Crippen molar-refractivity contribution in [1.29, 1.82) is 0 Å². The summed E-state index contributed by atoms with van der Waals surface area (Å²) in [6.45, 7) is 10.0. The van der Waals surface area contributed by atoms with Crippen LogP contribution in [0.5, 0.6) is 5.75 Å². The Balaban J connectivity index is 1.78. The van der Waals surface area contributed by atoms with Crippen molar-refractivity contribution in [2.24, 2.45) is 10.7 Å². The second kappa shape index (κ2) is 9.78. The standard InChI is InChI=1S/C20H34N4O2/c1-20(2,3)23-19(21)22-15-16-6-5-7-18(14-16)26-13-10-24(4)17-8-11-25-12-9-17/h5-7,14,17H,8-13,15H2,1-4H3,(H3,21,22,23). The normalized spacial score (nSPS) is 16.7. The Morgan fingerprint density at radius 1 is 1.35 bits per heavy atom. The van der Waals surface area contributed by atoms with E-state index in [-0.39, 0.29) is 5.54 Å². The van der Waals surface area contributed by atoms with Crippen molar-refractivity contribution in [3.05, 3.63) is 29.8 Å².